The second-order valence-corrected chi connectivity index (χ2v) is 9.26. The van der Waals surface area contributed by atoms with Crippen LogP contribution in [-0.4, -0.2) is 57.2 Å². The van der Waals surface area contributed by atoms with E-state index in [1.54, 1.807) is 4.31 Å². The van der Waals surface area contributed by atoms with E-state index in [-0.39, 0.29) is 12.0 Å². The maximum atomic E-state index is 13.0. The van der Waals surface area contributed by atoms with E-state index >= 15 is 0 Å². The van der Waals surface area contributed by atoms with E-state index in [4.69, 9.17) is 5.11 Å². The number of nitrogens with one attached hydrogen (secondary N) is 1. The highest BCUT2D eigenvalue weighted by atomic mass is 32.2. The maximum absolute atomic E-state index is 13.0. The third kappa shape index (κ3) is 4.12. The van der Waals surface area contributed by atoms with E-state index in [2.05, 4.69) is 20.8 Å². The molecule has 0 spiro atoms. The molecule has 2 rings (SSSR count). The van der Waals surface area contributed by atoms with Crippen LogP contribution in [0.25, 0.3) is 0 Å². The molecule has 0 radical (unpaired) electrons. The Balaban J connectivity index is 2.27. The van der Waals surface area contributed by atoms with E-state index < -0.39 is 10.0 Å². The lowest BCUT2D eigenvalue weighted by atomic mass is 9.87. The number of quaternary nitrogens is 1. The van der Waals surface area contributed by atoms with Crippen LogP contribution in [0.1, 0.15) is 31.9 Å². The minimum absolute atomic E-state index is 0.0814. The summed E-state index contributed by atoms with van der Waals surface area (Å²) >= 11 is 0. The van der Waals surface area contributed by atoms with Gasteiger partial charge in [0.2, 0.25) is 10.0 Å². The Morgan fingerprint density at radius 1 is 1.22 bits per heavy atom. The number of aryl methyl sites for hydroxylation is 1. The standard InChI is InChI=1S/C17H28N2O3S/c1-14-5-6-15(17(2,3)4)13-16(14)23(21,22)19-9-7-18(8-10-19)11-12-20/h5-6,13,20H,7-12H2,1-4H3/p+1. The Bertz CT molecular complexity index is 642. The minimum atomic E-state index is -3.46. The van der Waals surface area contributed by atoms with Crippen molar-refractivity contribution in [2.75, 3.05) is 39.3 Å². The second kappa shape index (κ2) is 6.89. The van der Waals surface area contributed by atoms with Gasteiger partial charge in [0.25, 0.3) is 0 Å². The summed E-state index contributed by atoms with van der Waals surface area (Å²) in [5.74, 6) is 0. The van der Waals surface area contributed by atoms with Gasteiger partial charge in [-0.25, -0.2) is 8.42 Å². The Labute approximate surface area is 140 Å². The molecule has 1 saturated heterocycles. The Hall–Kier alpha value is -0.950. The first kappa shape index (κ1) is 18.4. The molecule has 5 nitrogen and oxygen atoms in total. The number of hydrogen-bond donors (Lipinski definition) is 2. The molecule has 0 aliphatic carbocycles. The van der Waals surface area contributed by atoms with E-state index in [0.717, 1.165) is 24.2 Å². The Morgan fingerprint density at radius 2 is 1.83 bits per heavy atom. The number of aliphatic hydroxyl groups is 1. The molecule has 1 aromatic rings. The van der Waals surface area contributed by atoms with Crippen molar-refractivity contribution in [3.8, 4) is 0 Å². The number of sulfonamides is 1. The molecule has 1 heterocycles. The number of nitrogens with zero attached hydrogens (tertiary/aromatic N) is 1. The lowest BCUT2D eigenvalue weighted by molar-refractivity contribution is -0.904. The predicted octanol–water partition coefficient (Wildman–Crippen LogP) is 0.174. The molecule has 0 aromatic heterocycles. The molecular formula is C17H29N2O3S+. The molecule has 1 aliphatic rings. The fraction of sp³-hybridized carbons (Fsp3) is 0.647. The molecule has 1 aliphatic heterocycles. The van der Waals surface area contributed by atoms with Crippen molar-refractivity contribution in [3.63, 3.8) is 0 Å². The Kier molecular flexibility index (Phi) is 5.51. The van der Waals surface area contributed by atoms with Crippen molar-refractivity contribution in [2.24, 2.45) is 0 Å². The van der Waals surface area contributed by atoms with E-state index in [1.807, 2.05) is 25.1 Å². The van der Waals surface area contributed by atoms with Crippen LogP contribution in [0.3, 0.4) is 0 Å². The van der Waals surface area contributed by atoms with Crippen LogP contribution in [0.4, 0.5) is 0 Å². The predicted molar refractivity (Wildman–Crippen MR) is 91.3 cm³/mol. The van der Waals surface area contributed by atoms with Gasteiger partial charge in [-0.3, -0.25) is 0 Å². The van der Waals surface area contributed by atoms with Crippen LogP contribution in [0.2, 0.25) is 0 Å². The van der Waals surface area contributed by atoms with Gasteiger partial charge in [0, 0.05) is 0 Å². The summed E-state index contributed by atoms with van der Waals surface area (Å²) in [5.41, 5.74) is 1.75. The molecule has 1 aromatic carbocycles. The molecule has 0 saturated carbocycles. The molecule has 0 unspecified atom stereocenters. The highest BCUT2D eigenvalue weighted by molar-refractivity contribution is 7.89. The van der Waals surface area contributed by atoms with Crippen LogP contribution < -0.4 is 4.90 Å². The van der Waals surface area contributed by atoms with E-state index in [0.29, 0.717) is 24.5 Å². The number of benzene rings is 1. The average molecular weight is 341 g/mol. The first-order chi connectivity index (χ1) is 10.7. The van der Waals surface area contributed by atoms with E-state index in [9.17, 15) is 8.42 Å². The quantitative estimate of drug-likeness (QED) is 0.821. The van der Waals surface area contributed by atoms with Gasteiger partial charge in [-0.05, 0) is 29.5 Å². The first-order valence-electron chi connectivity index (χ1n) is 8.22. The van der Waals surface area contributed by atoms with Gasteiger partial charge in [0.05, 0.1) is 37.7 Å². The van der Waals surface area contributed by atoms with Crippen LogP contribution >= 0.6 is 0 Å². The summed E-state index contributed by atoms with van der Waals surface area (Å²) < 4.78 is 27.6. The van der Waals surface area contributed by atoms with Crippen molar-refractivity contribution in [1.29, 1.82) is 0 Å². The van der Waals surface area contributed by atoms with Crippen molar-refractivity contribution in [1.82, 2.24) is 4.31 Å². The number of hydrogen-bond acceptors (Lipinski definition) is 3. The van der Waals surface area contributed by atoms with Gasteiger partial charge < -0.3 is 10.0 Å². The third-order valence-corrected chi connectivity index (χ3v) is 6.61. The first-order valence-corrected chi connectivity index (χ1v) is 9.66. The number of aliphatic hydroxyl groups excluding tert-OH is 1. The monoisotopic (exact) mass is 341 g/mol. The minimum Gasteiger partial charge on any atom is -0.391 e. The number of piperazine rings is 1. The summed E-state index contributed by atoms with van der Waals surface area (Å²) in [5, 5.41) is 9.01. The average Bonchev–Trinajstić information content (AvgIpc) is 2.47. The van der Waals surface area contributed by atoms with Gasteiger partial charge in [-0.1, -0.05) is 32.9 Å². The van der Waals surface area contributed by atoms with Crippen molar-refractivity contribution in [2.45, 2.75) is 38.0 Å². The largest absolute Gasteiger partial charge is 0.391 e. The third-order valence-electron chi connectivity index (χ3n) is 4.57. The number of rotatable bonds is 4. The van der Waals surface area contributed by atoms with Gasteiger partial charge in [0.15, 0.2) is 0 Å². The molecule has 23 heavy (non-hydrogen) atoms. The highest BCUT2D eigenvalue weighted by Gasteiger charge is 2.31. The highest BCUT2D eigenvalue weighted by Crippen LogP contribution is 2.28. The maximum Gasteiger partial charge on any atom is 0.243 e. The van der Waals surface area contributed by atoms with Crippen LogP contribution in [0.15, 0.2) is 23.1 Å². The van der Waals surface area contributed by atoms with Gasteiger partial charge in [0.1, 0.15) is 6.54 Å². The molecule has 130 valence electrons. The zero-order valence-electron chi connectivity index (χ0n) is 14.6. The zero-order valence-corrected chi connectivity index (χ0v) is 15.4. The summed E-state index contributed by atoms with van der Waals surface area (Å²) in [7, 11) is -3.46. The van der Waals surface area contributed by atoms with Gasteiger partial charge >= 0.3 is 0 Å². The fourth-order valence-electron chi connectivity index (χ4n) is 2.93. The zero-order chi connectivity index (χ0) is 17.3. The van der Waals surface area contributed by atoms with Crippen molar-refractivity contribution >= 4 is 10.0 Å². The normalized spacial score (nSPS) is 18.3. The topological polar surface area (TPSA) is 62.0 Å². The van der Waals surface area contributed by atoms with Crippen LogP contribution in [0.5, 0.6) is 0 Å². The summed E-state index contributed by atoms with van der Waals surface area (Å²) in [4.78, 5) is 1.69. The summed E-state index contributed by atoms with van der Waals surface area (Å²) in [6, 6.07) is 5.75. The molecule has 0 amide bonds. The van der Waals surface area contributed by atoms with Gasteiger partial charge in [-0.15, -0.1) is 0 Å². The van der Waals surface area contributed by atoms with Gasteiger partial charge in [-0.2, -0.15) is 4.31 Å². The van der Waals surface area contributed by atoms with Crippen LogP contribution in [-0.2, 0) is 15.4 Å². The van der Waals surface area contributed by atoms with Crippen molar-refractivity contribution in [3.05, 3.63) is 29.3 Å². The molecule has 2 N–H and O–H groups in total. The molecule has 6 heteroatoms. The second-order valence-electron chi connectivity index (χ2n) is 7.36. The Morgan fingerprint density at radius 3 is 2.35 bits per heavy atom. The summed E-state index contributed by atoms with van der Waals surface area (Å²) in [6.45, 7) is 11.5. The molecule has 0 bridgehead atoms. The SMILES string of the molecule is Cc1ccc(C(C)(C)C)cc1S(=O)(=O)N1CC[NH+](CCO)CC1. The lowest BCUT2D eigenvalue weighted by Gasteiger charge is -2.32. The summed E-state index contributed by atoms with van der Waals surface area (Å²) in [6.07, 6.45) is 0. The van der Waals surface area contributed by atoms with E-state index in [1.165, 1.54) is 4.90 Å². The smallest absolute Gasteiger partial charge is 0.243 e. The van der Waals surface area contributed by atoms with Crippen LogP contribution in [0, 0.1) is 6.92 Å². The van der Waals surface area contributed by atoms with Crippen molar-refractivity contribution < 1.29 is 18.4 Å². The fourth-order valence-corrected chi connectivity index (χ4v) is 4.63. The molecule has 0 atom stereocenters. The molecule has 1 fully saturated rings. The lowest BCUT2D eigenvalue weighted by Crippen LogP contribution is -3.15. The molecular weight excluding hydrogens is 312 g/mol.